The van der Waals surface area contributed by atoms with Gasteiger partial charge in [0.25, 0.3) is 0 Å². The van der Waals surface area contributed by atoms with Crippen molar-refractivity contribution in [3.63, 3.8) is 0 Å². The van der Waals surface area contributed by atoms with E-state index in [2.05, 4.69) is 150 Å². The fraction of sp³-hybridized carbons (Fsp3) is 0.349. The minimum absolute atomic E-state index is 0.332. The Bertz CT molecular complexity index is 2180. The van der Waals surface area contributed by atoms with Gasteiger partial charge in [0.2, 0.25) is 0 Å². The van der Waals surface area contributed by atoms with E-state index in [9.17, 15) is 0 Å². The normalized spacial score (nSPS) is 18.3. The summed E-state index contributed by atoms with van der Waals surface area (Å²) < 4.78 is 11.1. The number of hydrogen-bond donors (Lipinski definition) is 0. The molecule has 0 fully saturated rings. The summed E-state index contributed by atoms with van der Waals surface area (Å²) >= 11 is 0. The number of nitrogens with zero attached hydrogens (tertiary/aromatic N) is 4. The van der Waals surface area contributed by atoms with E-state index < -0.39 is 0 Å². The Morgan fingerprint density at radius 2 is 1.52 bits per heavy atom. The Morgan fingerprint density at radius 1 is 0.771 bits per heavy atom. The van der Waals surface area contributed by atoms with Gasteiger partial charge in [0, 0.05) is 46.3 Å². The van der Waals surface area contributed by atoms with Crippen LogP contribution in [0.15, 0.2) is 90.6 Å². The highest BCUT2D eigenvalue weighted by atomic mass is 16.5. The molecule has 0 radical (unpaired) electrons. The van der Waals surface area contributed by atoms with Crippen LogP contribution in [0.25, 0.3) is 33.3 Å². The first-order valence-electron chi connectivity index (χ1n) is 17.6. The van der Waals surface area contributed by atoms with Crippen LogP contribution in [0.5, 0.6) is 11.5 Å². The monoisotopic (exact) mass is 636 g/mol. The zero-order valence-corrected chi connectivity index (χ0v) is 29.9. The number of aromatic nitrogens is 4. The molecule has 3 atom stereocenters. The molecule has 48 heavy (non-hydrogen) atoms. The molecule has 0 saturated heterocycles. The maximum atomic E-state index is 6.74. The first-order chi connectivity index (χ1) is 23.0. The predicted octanol–water partition coefficient (Wildman–Crippen LogP) is 11.7. The largest absolute Gasteiger partial charge is 0.457 e. The molecule has 0 amide bonds. The molecule has 5 nitrogen and oxygen atoms in total. The molecular weight excluding hydrogens is 589 g/mol. The fourth-order valence-corrected chi connectivity index (χ4v) is 8.09. The maximum Gasteiger partial charge on any atom is 0.137 e. The molecule has 7 rings (SSSR count). The Kier molecular flexibility index (Phi) is 8.27. The van der Waals surface area contributed by atoms with Gasteiger partial charge < -0.3 is 4.74 Å². The van der Waals surface area contributed by atoms with Gasteiger partial charge in [-0.3, -0.25) is 4.57 Å². The van der Waals surface area contributed by atoms with Gasteiger partial charge in [-0.25, -0.2) is 9.67 Å². The third-order valence-corrected chi connectivity index (χ3v) is 10.4. The predicted molar refractivity (Wildman–Crippen MR) is 199 cm³/mol. The van der Waals surface area contributed by atoms with Crippen LogP contribution >= 0.6 is 0 Å². The average molecular weight is 637 g/mol. The molecule has 246 valence electrons. The molecule has 0 aliphatic heterocycles. The smallest absolute Gasteiger partial charge is 0.137 e. The van der Waals surface area contributed by atoms with Gasteiger partial charge in [-0.15, -0.1) is 0 Å². The van der Waals surface area contributed by atoms with Gasteiger partial charge in [-0.1, -0.05) is 71.4 Å². The van der Waals surface area contributed by atoms with E-state index in [0.717, 1.165) is 39.7 Å². The summed E-state index contributed by atoms with van der Waals surface area (Å²) in [5.41, 5.74) is 10.9. The highest BCUT2D eigenvalue weighted by Crippen LogP contribution is 2.43. The van der Waals surface area contributed by atoms with Crippen LogP contribution in [-0.2, 0) is 0 Å². The van der Waals surface area contributed by atoms with Gasteiger partial charge in [-0.2, -0.15) is 5.10 Å². The molecule has 3 aromatic heterocycles. The standard InChI is InChI=1S/C43H48N4O/c1-25(2)32-16-17-44-41(22-32)46-39-13-11-10-12-37(39)38-15-14-35(24-40(38)46)48-36-21-33(26(3)4)20-34(23-36)47-31(9)43(30(8)45-47)42-28(6)18-27(5)19-29(42)7/h10-18,20-27,29,42H,19H2,1-9H3/t27-,29?,42-/m0/s1. The van der Waals surface area contributed by atoms with E-state index in [-0.39, 0.29) is 0 Å². The first kappa shape index (κ1) is 31.9. The SMILES string of the molecule is CC1=C[C@H](C)CC(C)[C@H]1c1c(C)nn(-c2cc(Oc3ccc4c5ccccc5n(-c5cc(C(C)C)ccn5)c4c3)cc(C(C)C)c2)c1C. The number of benzene rings is 3. The molecule has 0 saturated carbocycles. The maximum absolute atomic E-state index is 6.74. The summed E-state index contributed by atoms with van der Waals surface area (Å²) in [6.45, 7) is 20.3. The van der Waals surface area contributed by atoms with Crippen molar-refractivity contribution in [3.8, 4) is 23.0 Å². The number of allylic oxidation sites excluding steroid dienone is 2. The van der Waals surface area contributed by atoms with Gasteiger partial charge in [-0.05, 0) is 104 Å². The highest BCUT2D eigenvalue weighted by molar-refractivity contribution is 6.09. The third-order valence-electron chi connectivity index (χ3n) is 10.4. The summed E-state index contributed by atoms with van der Waals surface area (Å²) in [6, 6.07) is 25.9. The van der Waals surface area contributed by atoms with Crippen molar-refractivity contribution in [3.05, 3.63) is 119 Å². The van der Waals surface area contributed by atoms with Crippen LogP contribution in [-0.4, -0.2) is 19.3 Å². The average Bonchev–Trinajstić information content (AvgIpc) is 3.53. The van der Waals surface area contributed by atoms with Crippen LogP contribution in [0.2, 0.25) is 0 Å². The van der Waals surface area contributed by atoms with Crippen molar-refractivity contribution >= 4 is 21.8 Å². The number of fused-ring (bicyclic) bond motifs is 3. The molecule has 0 spiro atoms. The molecule has 1 aliphatic carbocycles. The Morgan fingerprint density at radius 3 is 2.27 bits per heavy atom. The van der Waals surface area contributed by atoms with Gasteiger partial charge in [0.05, 0.1) is 22.4 Å². The molecule has 1 aliphatic rings. The van der Waals surface area contributed by atoms with Crippen molar-refractivity contribution in [2.24, 2.45) is 11.8 Å². The zero-order valence-electron chi connectivity index (χ0n) is 29.9. The number of ether oxygens (including phenoxy) is 1. The lowest BCUT2D eigenvalue weighted by Gasteiger charge is -2.32. The number of rotatable bonds is 7. The minimum atomic E-state index is 0.332. The van der Waals surface area contributed by atoms with Crippen molar-refractivity contribution in [2.75, 3.05) is 0 Å². The summed E-state index contributed by atoms with van der Waals surface area (Å²) in [7, 11) is 0. The minimum Gasteiger partial charge on any atom is -0.457 e. The molecular formula is C43H48N4O. The summed E-state index contributed by atoms with van der Waals surface area (Å²) in [6.07, 6.45) is 5.58. The summed E-state index contributed by atoms with van der Waals surface area (Å²) in [4.78, 5) is 4.83. The fourth-order valence-electron chi connectivity index (χ4n) is 8.09. The van der Waals surface area contributed by atoms with Crippen molar-refractivity contribution in [2.45, 2.75) is 86.5 Å². The van der Waals surface area contributed by atoms with E-state index >= 15 is 0 Å². The topological polar surface area (TPSA) is 44.9 Å². The van der Waals surface area contributed by atoms with Crippen LogP contribution in [0, 0.1) is 25.7 Å². The quantitative estimate of drug-likeness (QED) is 0.164. The Balaban J connectivity index is 1.32. The summed E-state index contributed by atoms with van der Waals surface area (Å²) in [5, 5.41) is 7.52. The van der Waals surface area contributed by atoms with E-state index in [1.807, 2.05) is 6.20 Å². The number of pyridine rings is 1. The molecule has 3 aromatic carbocycles. The van der Waals surface area contributed by atoms with E-state index in [1.165, 1.54) is 45.2 Å². The zero-order chi connectivity index (χ0) is 33.9. The second-order valence-corrected chi connectivity index (χ2v) is 14.7. The van der Waals surface area contributed by atoms with Crippen molar-refractivity contribution in [1.82, 2.24) is 19.3 Å². The highest BCUT2D eigenvalue weighted by Gasteiger charge is 2.31. The second kappa shape index (κ2) is 12.4. The number of aryl methyl sites for hydroxylation is 1. The van der Waals surface area contributed by atoms with E-state index in [1.54, 1.807) is 0 Å². The molecule has 0 N–H and O–H groups in total. The molecule has 0 bridgehead atoms. The molecule has 3 heterocycles. The second-order valence-electron chi connectivity index (χ2n) is 14.7. The number of hydrogen-bond acceptors (Lipinski definition) is 3. The molecule has 6 aromatic rings. The first-order valence-corrected chi connectivity index (χ1v) is 17.6. The molecule has 1 unspecified atom stereocenters. The Hall–Kier alpha value is -4.64. The summed E-state index contributed by atoms with van der Waals surface area (Å²) in [5.74, 6) is 4.86. The number of para-hydroxylation sites is 1. The lowest BCUT2D eigenvalue weighted by Crippen LogP contribution is -2.20. The van der Waals surface area contributed by atoms with Crippen molar-refractivity contribution in [1.29, 1.82) is 0 Å². The van der Waals surface area contributed by atoms with Gasteiger partial charge in [0.15, 0.2) is 0 Å². The Labute approximate surface area is 285 Å². The van der Waals surface area contributed by atoms with Crippen molar-refractivity contribution < 1.29 is 4.74 Å². The lowest BCUT2D eigenvalue weighted by molar-refractivity contribution is 0.390. The van der Waals surface area contributed by atoms with Crippen LogP contribution in [0.4, 0.5) is 0 Å². The van der Waals surface area contributed by atoms with E-state index in [0.29, 0.717) is 29.6 Å². The van der Waals surface area contributed by atoms with Gasteiger partial charge in [0.1, 0.15) is 17.3 Å². The van der Waals surface area contributed by atoms with Crippen LogP contribution < -0.4 is 4.74 Å². The lowest BCUT2D eigenvalue weighted by atomic mass is 9.72. The van der Waals surface area contributed by atoms with Gasteiger partial charge >= 0.3 is 0 Å². The van der Waals surface area contributed by atoms with Crippen LogP contribution in [0.3, 0.4) is 0 Å². The third kappa shape index (κ3) is 5.63. The van der Waals surface area contributed by atoms with E-state index in [4.69, 9.17) is 14.8 Å². The van der Waals surface area contributed by atoms with Crippen LogP contribution in [0.1, 0.15) is 101 Å². The molecule has 5 heteroatoms.